The number of nitrogens with one attached hydrogen (secondary N) is 1. The minimum atomic E-state index is -0.201. The Morgan fingerprint density at radius 3 is 2.54 bits per heavy atom. The topological polar surface area (TPSA) is 51.2 Å². The maximum Gasteiger partial charge on any atom is 0.256 e. The van der Waals surface area contributed by atoms with Crippen molar-refractivity contribution in [1.29, 1.82) is 0 Å². The Labute approximate surface area is 153 Å². The number of hydrogen-bond donors (Lipinski definition) is 1. The highest BCUT2D eigenvalue weighted by Gasteiger charge is 2.12. The van der Waals surface area contributed by atoms with Crippen LogP contribution in [0.15, 0.2) is 60.8 Å². The van der Waals surface area contributed by atoms with Gasteiger partial charge in [0, 0.05) is 11.8 Å². The standard InChI is InChI=1S/C22H22N2O2/c1-15-10-11-18(13-17(15)3)22(25)24-21-20(9-6-12-23-21)26-14-19-8-5-4-7-16(19)2/h4-13H,14H2,1-3H3,(H,23,24,25). The Balaban J connectivity index is 1.75. The molecule has 4 heteroatoms. The normalized spacial score (nSPS) is 10.4. The number of carbonyl (C=O) groups is 1. The van der Waals surface area contributed by atoms with Crippen LogP contribution in [0.4, 0.5) is 5.82 Å². The number of benzene rings is 2. The summed E-state index contributed by atoms with van der Waals surface area (Å²) in [6, 6.07) is 17.3. The van der Waals surface area contributed by atoms with Crippen LogP contribution in [-0.2, 0) is 6.61 Å². The molecular formula is C22H22N2O2. The van der Waals surface area contributed by atoms with Gasteiger partial charge in [0.15, 0.2) is 11.6 Å². The molecule has 0 saturated heterocycles. The van der Waals surface area contributed by atoms with E-state index in [2.05, 4.69) is 10.3 Å². The van der Waals surface area contributed by atoms with E-state index >= 15 is 0 Å². The summed E-state index contributed by atoms with van der Waals surface area (Å²) in [6.07, 6.45) is 1.64. The second-order valence-electron chi connectivity index (χ2n) is 6.32. The Kier molecular flexibility index (Phi) is 5.32. The predicted molar refractivity (Wildman–Crippen MR) is 104 cm³/mol. The van der Waals surface area contributed by atoms with E-state index in [1.807, 2.05) is 63.2 Å². The van der Waals surface area contributed by atoms with Gasteiger partial charge in [0.1, 0.15) is 6.61 Å². The van der Waals surface area contributed by atoms with Crippen molar-refractivity contribution in [3.63, 3.8) is 0 Å². The lowest BCUT2D eigenvalue weighted by molar-refractivity contribution is 0.102. The highest BCUT2D eigenvalue weighted by atomic mass is 16.5. The smallest absolute Gasteiger partial charge is 0.256 e. The number of nitrogens with zero attached hydrogens (tertiary/aromatic N) is 1. The Morgan fingerprint density at radius 1 is 0.962 bits per heavy atom. The molecule has 0 spiro atoms. The quantitative estimate of drug-likeness (QED) is 0.719. The summed E-state index contributed by atoms with van der Waals surface area (Å²) in [6.45, 7) is 6.48. The van der Waals surface area contributed by atoms with Gasteiger partial charge in [-0.25, -0.2) is 4.98 Å². The highest BCUT2D eigenvalue weighted by Crippen LogP contribution is 2.23. The van der Waals surface area contributed by atoms with Crippen molar-refractivity contribution in [1.82, 2.24) is 4.98 Å². The summed E-state index contributed by atoms with van der Waals surface area (Å²) < 4.78 is 5.91. The molecule has 1 aromatic heterocycles. The number of anilines is 1. The molecule has 0 fully saturated rings. The fourth-order valence-electron chi connectivity index (χ4n) is 2.59. The van der Waals surface area contributed by atoms with E-state index in [1.54, 1.807) is 18.3 Å². The monoisotopic (exact) mass is 346 g/mol. The first-order chi connectivity index (χ1) is 12.5. The van der Waals surface area contributed by atoms with Crippen molar-refractivity contribution in [3.05, 3.63) is 88.6 Å². The van der Waals surface area contributed by atoms with Gasteiger partial charge in [0.05, 0.1) is 0 Å². The average Bonchev–Trinajstić information content (AvgIpc) is 2.64. The van der Waals surface area contributed by atoms with Crippen LogP contribution < -0.4 is 10.1 Å². The first-order valence-corrected chi connectivity index (χ1v) is 8.55. The molecule has 3 aromatic rings. The van der Waals surface area contributed by atoms with Crippen LogP contribution in [0, 0.1) is 20.8 Å². The van der Waals surface area contributed by atoms with Gasteiger partial charge in [-0.05, 0) is 67.3 Å². The van der Waals surface area contributed by atoms with Gasteiger partial charge in [0.2, 0.25) is 0 Å². The summed E-state index contributed by atoms with van der Waals surface area (Å²) in [5.74, 6) is 0.768. The van der Waals surface area contributed by atoms with Crippen molar-refractivity contribution in [2.24, 2.45) is 0 Å². The second kappa shape index (κ2) is 7.83. The minimum absolute atomic E-state index is 0.201. The lowest BCUT2D eigenvalue weighted by Gasteiger charge is -2.13. The van der Waals surface area contributed by atoms with E-state index in [1.165, 1.54) is 0 Å². The number of aromatic nitrogens is 1. The number of carbonyl (C=O) groups excluding carboxylic acids is 1. The molecule has 0 saturated carbocycles. The Morgan fingerprint density at radius 2 is 1.77 bits per heavy atom. The van der Waals surface area contributed by atoms with Gasteiger partial charge < -0.3 is 10.1 Å². The van der Waals surface area contributed by atoms with Crippen molar-refractivity contribution >= 4 is 11.7 Å². The summed E-state index contributed by atoms with van der Waals surface area (Å²) in [5, 5.41) is 2.85. The van der Waals surface area contributed by atoms with E-state index in [0.717, 1.165) is 22.3 Å². The highest BCUT2D eigenvalue weighted by molar-refractivity contribution is 6.04. The van der Waals surface area contributed by atoms with Crippen molar-refractivity contribution in [3.8, 4) is 5.75 Å². The number of amides is 1. The van der Waals surface area contributed by atoms with Crippen LogP contribution in [0.3, 0.4) is 0 Å². The molecule has 26 heavy (non-hydrogen) atoms. The van der Waals surface area contributed by atoms with Gasteiger partial charge in [-0.1, -0.05) is 30.3 Å². The summed E-state index contributed by atoms with van der Waals surface area (Å²) >= 11 is 0. The zero-order chi connectivity index (χ0) is 18.5. The van der Waals surface area contributed by atoms with Crippen LogP contribution in [-0.4, -0.2) is 10.9 Å². The van der Waals surface area contributed by atoms with Gasteiger partial charge >= 0.3 is 0 Å². The molecule has 0 radical (unpaired) electrons. The zero-order valence-corrected chi connectivity index (χ0v) is 15.2. The molecular weight excluding hydrogens is 324 g/mol. The SMILES string of the molecule is Cc1ccc(C(=O)Nc2ncccc2OCc2ccccc2C)cc1C. The third kappa shape index (κ3) is 4.09. The van der Waals surface area contributed by atoms with Crippen LogP contribution in [0.25, 0.3) is 0 Å². The van der Waals surface area contributed by atoms with E-state index in [0.29, 0.717) is 23.7 Å². The number of aryl methyl sites for hydroxylation is 3. The van der Waals surface area contributed by atoms with Gasteiger partial charge in [-0.15, -0.1) is 0 Å². The summed E-state index contributed by atoms with van der Waals surface area (Å²) in [7, 11) is 0. The molecule has 0 aliphatic rings. The molecule has 1 amide bonds. The number of ether oxygens (including phenoxy) is 1. The predicted octanol–water partition coefficient (Wildman–Crippen LogP) is 4.84. The lowest BCUT2D eigenvalue weighted by Crippen LogP contribution is -2.14. The van der Waals surface area contributed by atoms with Crippen molar-refractivity contribution in [2.45, 2.75) is 27.4 Å². The maximum absolute atomic E-state index is 12.6. The second-order valence-corrected chi connectivity index (χ2v) is 6.32. The summed E-state index contributed by atoms with van der Waals surface area (Å²) in [5.41, 5.74) is 5.10. The fraction of sp³-hybridized carbons (Fsp3) is 0.182. The van der Waals surface area contributed by atoms with Crippen molar-refractivity contribution in [2.75, 3.05) is 5.32 Å². The Bertz CT molecular complexity index is 935. The fourth-order valence-corrected chi connectivity index (χ4v) is 2.59. The first-order valence-electron chi connectivity index (χ1n) is 8.55. The number of pyridine rings is 1. The molecule has 1 heterocycles. The minimum Gasteiger partial charge on any atom is -0.485 e. The van der Waals surface area contributed by atoms with Crippen LogP contribution >= 0.6 is 0 Å². The maximum atomic E-state index is 12.6. The third-order valence-corrected chi connectivity index (χ3v) is 4.42. The molecule has 0 bridgehead atoms. The average molecular weight is 346 g/mol. The van der Waals surface area contributed by atoms with Crippen LogP contribution in [0.5, 0.6) is 5.75 Å². The van der Waals surface area contributed by atoms with Crippen LogP contribution in [0.2, 0.25) is 0 Å². The molecule has 4 nitrogen and oxygen atoms in total. The first kappa shape index (κ1) is 17.7. The molecule has 0 unspecified atom stereocenters. The van der Waals surface area contributed by atoms with Gasteiger partial charge in [-0.3, -0.25) is 4.79 Å². The largest absolute Gasteiger partial charge is 0.485 e. The van der Waals surface area contributed by atoms with Gasteiger partial charge in [-0.2, -0.15) is 0 Å². The Hall–Kier alpha value is -3.14. The molecule has 0 aliphatic heterocycles. The van der Waals surface area contributed by atoms with E-state index in [-0.39, 0.29) is 5.91 Å². The summed E-state index contributed by atoms with van der Waals surface area (Å²) in [4.78, 5) is 16.8. The molecule has 0 aliphatic carbocycles. The molecule has 3 rings (SSSR count). The number of rotatable bonds is 5. The lowest BCUT2D eigenvalue weighted by atomic mass is 10.1. The molecule has 1 N–H and O–H groups in total. The molecule has 0 atom stereocenters. The van der Waals surface area contributed by atoms with Crippen molar-refractivity contribution < 1.29 is 9.53 Å². The van der Waals surface area contributed by atoms with Crippen LogP contribution in [0.1, 0.15) is 32.6 Å². The van der Waals surface area contributed by atoms with E-state index in [9.17, 15) is 4.79 Å². The third-order valence-electron chi connectivity index (χ3n) is 4.42. The molecule has 132 valence electrons. The molecule has 2 aromatic carbocycles. The van der Waals surface area contributed by atoms with Gasteiger partial charge in [0.25, 0.3) is 5.91 Å². The van der Waals surface area contributed by atoms with E-state index in [4.69, 9.17) is 4.74 Å². The number of hydrogen-bond acceptors (Lipinski definition) is 3. The van der Waals surface area contributed by atoms with E-state index < -0.39 is 0 Å². The zero-order valence-electron chi connectivity index (χ0n) is 15.2.